The van der Waals surface area contributed by atoms with Crippen LogP contribution in [0.25, 0.3) is 0 Å². The van der Waals surface area contributed by atoms with E-state index in [-0.39, 0.29) is 0 Å². The summed E-state index contributed by atoms with van der Waals surface area (Å²) in [5.74, 6) is -22.0. The molecule has 0 aliphatic rings. The molecule has 1 atom stereocenters. The summed E-state index contributed by atoms with van der Waals surface area (Å²) in [4.78, 5) is 23.1. The van der Waals surface area contributed by atoms with Gasteiger partial charge in [-0.3, -0.25) is 0 Å². The van der Waals surface area contributed by atoms with Crippen LogP contribution in [0.15, 0.2) is 30.3 Å². The number of amides is 1. The van der Waals surface area contributed by atoms with Crippen LogP contribution in [0.1, 0.15) is 12.0 Å². The molecule has 0 radical (unpaired) electrons. The van der Waals surface area contributed by atoms with Crippen LogP contribution >= 0.6 is 0 Å². The molecule has 0 unspecified atom stereocenters. The van der Waals surface area contributed by atoms with Gasteiger partial charge in [-0.25, -0.2) is 9.59 Å². The molecular weight excluding hydrogens is 441 g/mol. The summed E-state index contributed by atoms with van der Waals surface area (Å²) in [7, 11) is 0.576. The van der Waals surface area contributed by atoms with Crippen LogP contribution in [-0.2, 0) is 20.9 Å². The molecule has 0 spiro atoms. The first-order chi connectivity index (χ1) is 13.6. The molecule has 0 saturated heterocycles. The molecule has 1 N–H and O–H groups in total. The highest BCUT2D eigenvalue weighted by atomic mass is 19.4. The van der Waals surface area contributed by atoms with Crippen molar-refractivity contribution in [3.63, 3.8) is 0 Å². The van der Waals surface area contributed by atoms with Crippen LogP contribution in [0, 0.1) is 0 Å². The van der Waals surface area contributed by atoms with Gasteiger partial charge in [0.15, 0.2) is 0 Å². The fourth-order valence-electron chi connectivity index (χ4n) is 2.03. The second-order valence-electron chi connectivity index (χ2n) is 5.84. The Morgan fingerprint density at radius 1 is 0.933 bits per heavy atom. The Balaban J connectivity index is 2.98. The van der Waals surface area contributed by atoms with Gasteiger partial charge in [-0.2, -0.15) is 39.5 Å². The van der Waals surface area contributed by atoms with Gasteiger partial charge in [-0.15, -0.1) is 0 Å². The van der Waals surface area contributed by atoms with E-state index in [2.05, 4.69) is 9.47 Å². The van der Waals surface area contributed by atoms with Crippen molar-refractivity contribution in [3.8, 4) is 0 Å². The van der Waals surface area contributed by atoms with Gasteiger partial charge in [0.25, 0.3) is 0 Å². The number of hydrogen-bond donors (Lipinski definition) is 1. The van der Waals surface area contributed by atoms with Gasteiger partial charge in [0.2, 0.25) is 0 Å². The van der Waals surface area contributed by atoms with Gasteiger partial charge in [0.1, 0.15) is 12.6 Å². The lowest BCUT2D eigenvalue weighted by Gasteiger charge is -2.34. The molecular formula is C16H14F9NO4. The fraction of sp³-hybridized carbons (Fsp3) is 0.500. The smallest absolute Gasteiger partial charge is 0.460 e. The maximum atomic E-state index is 13.7. The Morgan fingerprint density at radius 3 is 1.93 bits per heavy atom. The van der Waals surface area contributed by atoms with E-state index in [9.17, 15) is 49.1 Å². The minimum absolute atomic E-state index is 0.393. The van der Waals surface area contributed by atoms with E-state index in [0.29, 0.717) is 12.7 Å². The first-order valence-electron chi connectivity index (χ1n) is 7.82. The van der Waals surface area contributed by atoms with Gasteiger partial charge >= 0.3 is 36.0 Å². The normalized spacial score (nSPS) is 14.1. The molecule has 0 bridgehead atoms. The summed E-state index contributed by atoms with van der Waals surface area (Å²) >= 11 is 0. The standard InChI is InChI=1S/C16H14F9NO4/c1-29-11(27)10(26-12(28)30-8-9-5-3-2-4-6-9)7-13(17,18)14(19,20)15(21,22)16(23,24)25/h2-6,10H,7-8H2,1H3,(H,26,28)/t10-/m1/s1. The van der Waals surface area contributed by atoms with Crippen molar-refractivity contribution < 1.29 is 58.6 Å². The van der Waals surface area contributed by atoms with E-state index < -0.39 is 55.1 Å². The van der Waals surface area contributed by atoms with E-state index in [1.807, 2.05) is 0 Å². The lowest BCUT2D eigenvalue weighted by molar-refractivity contribution is -0.397. The Hall–Kier alpha value is -2.67. The number of carbonyl (C=O) groups excluding carboxylic acids is 2. The minimum Gasteiger partial charge on any atom is -0.467 e. The van der Waals surface area contributed by atoms with Gasteiger partial charge in [0.05, 0.1) is 7.11 Å². The quantitative estimate of drug-likeness (QED) is 0.469. The molecule has 5 nitrogen and oxygen atoms in total. The van der Waals surface area contributed by atoms with Crippen LogP contribution in [0.3, 0.4) is 0 Å². The van der Waals surface area contributed by atoms with Crippen LogP contribution in [0.2, 0.25) is 0 Å². The third-order valence-electron chi connectivity index (χ3n) is 3.66. The number of benzene rings is 1. The number of halogens is 9. The first-order valence-corrected chi connectivity index (χ1v) is 7.82. The van der Waals surface area contributed by atoms with Crippen molar-refractivity contribution in [1.82, 2.24) is 5.32 Å². The van der Waals surface area contributed by atoms with E-state index >= 15 is 0 Å². The van der Waals surface area contributed by atoms with Gasteiger partial charge < -0.3 is 14.8 Å². The number of carbonyl (C=O) groups is 2. The predicted molar refractivity (Wildman–Crippen MR) is 81.1 cm³/mol. The van der Waals surface area contributed by atoms with Crippen molar-refractivity contribution in [2.75, 3.05) is 7.11 Å². The number of esters is 1. The van der Waals surface area contributed by atoms with E-state index in [1.165, 1.54) is 29.6 Å². The number of nitrogens with one attached hydrogen (secondary N) is 1. The van der Waals surface area contributed by atoms with Crippen molar-refractivity contribution in [1.29, 1.82) is 0 Å². The molecule has 1 aromatic rings. The summed E-state index contributed by atoms with van der Waals surface area (Å²) in [5, 5.41) is 1.38. The fourth-order valence-corrected chi connectivity index (χ4v) is 2.03. The highest BCUT2D eigenvalue weighted by Gasteiger charge is 2.81. The van der Waals surface area contributed by atoms with Crippen LogP contribution in [0.5, 0.6) is 0 Å². The van der Waals surface area contributed by atoms with Gasteiger partial charge in [-0.1, -0.05) is 30.3 Å². The Bertz CT molecular complexity index is 738. The monoisotopic (exact) mass is 455 g/mol. The average Bonchev–Trinajstić information content (AvgIpc) is 2.64. The average molecular weight is 455 g/mol. The zero-order chi connectivity index (χ0) is 23.4. The molecule has 14 heteroatoms. The Morgan fingerprint density at radius 2 is 1.47 bits per heavy atom. The topological polar surface area (TPSA) is 64.6 Å². The van der Waals surface area contributed by atoms with E-state index in [0.717, 1.165) is 0 Å². The molecule has 0 heterocycles. The van der Waals surface area contributed by atoms with Crippen molar-refractivity contribution in [2.45, 2.75) is 43.0 Å². The number of alkyl halides is 9. The second-order valence-corrected chi connectivity index (χ2v) is 5.84. The van der Waals surface area contributed by atoms with Crippen molar-refractivity contribution >= 4 is 12.1 Å². The highest BCUT2D eigenvalue weighted by Crippen LogP contribution is 2.54. The molecule has 1 aromatic carbocycles. The summed E-state index contributed by atoms with van der Waals surface area (Å²) in [6.45, 7) is -0.459. The number of hydrogen-bond acceptors (Lipinski definition) is 4. The Labute approximate surface area is 163 Å². The summed E-state index contributed by atoms with van der Waals surface area (Å²) in [5.41, 5.74) is 0.393. The second kappa shape index (κ2) is 9.00. The Kier molecular flexibility index (Phi) is 7.61. The number of methoxy groups -OCH3 is 1. The summed E-state index contributed by atoms with van der Waals surface area (Å²) in [6, 6.07) is 4.91. The number of rotatable bonds is 8. The number of ether oxygens (including phenoxy) is 2. The zero-order valence-corrected chi connectivity index (χ0v) is 14.9. The lowest BCUT2D eigenvalue weighted by atomic mass is 9.97. The molecule has 30 heavy (non-hydrogen) atoms. The van der Waals surface area contributed by atoms with Gasteiger partial charge in [0, 0.05) is 6.42 Å². The maximum absolute atomic E-state index is 13.7. The SMILES string of the molecule is COC(=O)[C@@H](CC(F)(F)C(F)(F)C(F)(F)C(F)(F)F)NC(=O)OCc1ccccc1. The molecule has 0 aliphatic carbocycles. The third kappa shape index (κ3) is 5.48. The summed E-state index contributed by atoms with van der Waals surface area (Å²) < 4.78 is 125. The van der Waals surface area contributed by atoms with Crippen LogP contribution < -0.4 is 5.32 Å². The zero-order valence-electron chi connectivity index (χ0n) is 14.9. The van der Waals surface area contributed by atoms with Crippen molar-refractivity contribution in [3.05, 3.63) is 35.9 Å². The van der Waals surface area contributed by atoms with E-state index in [4.69, 9.17) is 0 Å². The predicted octanol–water partition coefficient (Wildman–Crippen LogP) is 4.31. The highest BCUT2D eigenvalue weighted by molar-refractivity contribution is 5.81. The van der Waals surface area contributed by atoms with Crippen LogP contribution in [-0.4, -0.2) is 49.2 Å². The molecule has 1 amide bonds. The lowest BCUT2D eigenvalue weighted by Crippen LogP contribution is -2.62. The van der Waals surface area contributed by atoms with Gasteiger partial charge in [-0.05, 0) is 5.56 Å². The third-order valence-corrected chi connectivity index (χ3v) is 3.66. The van der Waals surface area contributed by atoms with Crippen molar-refractivity contribution in [2.24, 2.45) is 0 Å². The largest absolute Gasteiger partial charge is 0.467 e. The van der Waals surface area contributed by atoms with Crippen LogP contribution in [0.4, 0.5) is 44.3 Å². The molecule has 0 saturated carbocycles. The molecule has 0 fully saturated rings. The maximum Gasteiger partial charge on any atom is 0.460 e. The summed E-state index contributed by atoms with van der Waals surface area (Å²) in [6.07, 6.45) is -11.3. The number of alkyl carbamates (subject to hydrolysis) is 1. The van der Waals surface area contributed by atoms with E-state index in [1.54, 1.807) is 6.07 Å². The minimum atomic E-state index is -7.13. The molecule has 0 aliphatic heterocycles. The molecule has 1 rings (SSSR count). The first kappa shape index (κ1) is 25.4. The molecule has 170 valence electrons. The molecule has 0 aromatic heterocycles.